The molecule has 0 aliphatic carbocycles. The standard InChI is InChI=1S/C22H26FNO4/c1-15-5-3-4-6-16(15)7-10-22(26)24-12-11-19(18(25)14-24)28-20-9-8-17(23)13-21(20)27-2/h3-6,8-9,13,18-19,25H,7,10-12,14H2,1-2H3/t18-,19-/m1/s1. The molecule has 6 heteroatoms. The molecule has 0 saturated carbocycles. The Labute approximate surface area is 164 Å². The van der Waals surface area contributed by atoms with E-state index in [1.54, 1.807) is 4.90 Å². The third-order valence-corrected chi connectivity index (χ3v) is 5.15. The molecule has 1 heterocycles. The van der Waals surface area contributed by atoms with Gasteiger partial charge in [0.25, 0.3) is 0 Å². The number of aliphatic hydroxyl groups is 1. The molecule has 1 amide bonds. The number of amides is 1. The number of hydrogen-bond donors (Lipinski definition) is 1. The van der Waals surface area contributed by atoms with Crippen LogP contribution in [0, 0.1) is 12.7 Å². The molecule has 1 saturated heterocycles. The molecular weight excluding hydrogens is 361 g/mol. The van der Waals surface area contributed by atoms with E-state index < -0.39 is 18.0 Å². The predicted molar refractivity (Wildman–Crippen MR) is 104 cm³/mol. The second-order valence-corrected chi connectivity index (χ2v) is 7.07. The van der Waals surface area contributed by atoms with E-state index in [0.717, 1.165) is 5.56 Å². The number of carbonyl (C=O) groups excluding carboxylic acids is 1. The van der Waals surface area contributed by atoms with Gasteiger partial charge in [0.2, 0.25) is 5.91 Å². The maximum absolute atomic E-state index is 13.3. The molecule has 0 radical (unpaired) electrons. The number of carbonyl (C=O) groups is 1. The van der Waals surface area contributed by atoms with Crippen LogP contribution in [-0.2, 0) is 11.2 Å². The number of aryl methyl sites for hydroxylation is 2. The van der Waals surface area contributed by atoms with Crippen LogP contribution in [0.1, 0.15) is 24.0 Å². The van der Waals surface area contributed by atoms with E-state index in [1.807, 2.05) is 31.2 Å². The summed E-state index contributed by atoms with van der Waals surface area (Å²) in [6.45, 7) is 2.77. The maximum atomic E-state index is 13.3. The van der Waals surface area contributed by atoms with E-state index in [1.165, 1.54) is 30.9 Å². The highest BCUT2D eigenvalue weighted by atomic mass is 19.1. The summed E-state index contributed by atoms with van der Waals surface area (Å²) in [5.74, 6) is 0.273. The van der Waals surface area contributed by atoms with Crippen molar-refractivity contribution in [1.29, 1.82) is 0 Å². The third kappa shape index (κ3) is 4.81. The van der Waals surface area contributed by atoms with Crippen LogP contribution in [0.2, 0.25) is 0 Å². The highest BCUT2D eigenvalue weighted by molar-refractivity contribution is 5.76. The zero-order valence-electron chi connectivity index (χ0n) is 16.2. The maximum Gasteiger partial charge on any atom is 0.222 e. The highest BCUT2D eigenvalue weighted by Gasteiger charge is 2.32. The van der Waals surface area contributed by atoms with Crippen LogP contribution < -0.4 is 9.47 Å². The zero-order valence-corrected chi connectivity index (χ0v) is 16.2. The van der Waals surface area contributed by atoms with E-state index >= 15 is 0 Å². The van der Waals surface area contributed by atoms with Crippen LogP contribution in [0.3, 0.4) is 0 Å². The van der Waals surface area contributed by atoms with Crippen LogP contribution >= 0.6 is 0 Å². The van der Waals surface area contributed by atoms with Crippen LogP contribution in [0.4, 0.5) is 4.39 Å². The first-order valence-corrected chi connectivity index (χ1v) is 9.48. The molecule has 0 bridgehead atoms. The minimum atomic E-state index is -0.814. The second kappa shape index (κ2) is 9.06. The Hall–Kier alpha value is -2.60. The zero-order chi connectivity index (χ0) is 20.1. The Morgan fingerprint density at radius 2 is 2.04 bits per heavy atom. The van der Waals surface area contributed by atoms with E-state index in [0.29, 0.717) is 31.6 Å². The molecule has 1 aliphatic heterocycles. The Morgan fingerprint density at radius 3 is 2.75 bits per heavy atom. The molecule has 1 aliphatic rings. The Kier molecular flexibility index (Phi) is 6.52. The van der Waals surface area contributed by atoms with Crippen molar-refractivity contribution in [2.75, 3.05) is 20.2 Å². The monoisotopic (exact) mass is 387 g/mol. The van der Waals surface area contributed by atoms with Gasteiger partial charge in [-0.25, -0.2) is 4.39 Å². The number of piperidine rings is 1. The van der Waals surface area contributed by atoms with Gasteiger partial charge in [-0.05, 0) is 36.6 Å². The average Bonchev–Trinajstić information content (AvgIpc) is 2.69. The molecule has 2 atom stereocenters. The highest BCUT2D eigenvalue weighted by Crippen LogP contribution is 2.30. The lowest BCUT2D eigenvalue weighted by Gasteiger charge is -2.36. The van der Waals surface area contributed by atoms with Crippen molar-refractivity contribution in [2.24, 2.45) is 0 Å². The number of hydrogen-bond acceptors (Lipinski definition) is 4. The fraction of sp³-hybridized carbons (Fsp3) is 0.409. The van der Waals surface area contributed by atoms with Gasteiger partial charge in [0.15, 0.2) is 11.5 Å². The number of nitrogens with zero attached hydrogens (tertiary/aromatic N) is 1. The number of ether oxygens (including phenoxy) is 2. The van der Waals surface area contributed by atoms with Crippen LogP contribution in [0.15, 0.2) is 42.5 Å². The number of halogens is 1. The van der Waals surface area contributed by atoms with Gasteiger partial charge in [-0.1, -0.05) is 24.3 Å². The van der Waals surface area contributed by atoms with E-state index in [2.05, 4.69) is 0 Å². The number of β-amino-alcohol motifs (C(OH)–C–C–N with tert-alkyl or cyclic N) is 1. The average molecular weight is 387 g/mol. The first-order valence-electron chi connectivity index (χ1n) is 9.48. The van der Waals surface area contributed by atoms with Gasteiger partial charge in [-0.3, -0.25) is 4.79 Å². The largest absolute Gasteiger partial charge is 0.493 e. The molecule has 3 rings (SSSR count). The minimum Gasteiger partial charge on any atom is -0.493 e. The number of aliphatic hydroxyl groups excluding tert-OH is 1. The fourth-order valence-electron chi connectivity index (χ4n) is 3.47. The molecular formula is C22H26FNO4. The number of rotatable bonds is 6. The Balaban J connectivity index is 1.54. The molecule has 150 valence electrons. The molecule has 1 N–H and O–H groups in total. The van der Waals surface area contributed by atoms with E-state index in [-0.39, 0.29) is 18.2 Å². The van der Waals surface area contributed by atoms with Crippen LogP contribution in [-0.4, -0.2) is 48.3 Å². The first kappa shape index (κ1) is 20.1. The SMILES string of the molecule is COc1cc(F)ccc1O[C@@H]1CCN(C(=O)CCc2ccccc2C)C[C@H]1O. The number of benzene rings is 2. The van der Waals surface area contributed by atoms with Gasteiger partial charge in [0.1, 0.15) is 18.0 Å². The number of methoxy groups -OCH3 is 1. The van der Waals surface area contributed by atoms with Crippen LogP contribution in [0.25, 0.3) is 0 Å². The molecule has 0 aromatic heterocycles. The van der Waals surface area contributed by atoms with Crippen molar-refractivity contribution < 1.29 is 23.8 Å². The van der Waals surface area contributed by atoms with Crippen molar-refractivity contribution in [3.05, 3.63) is 59.4 Å². The summed E-state index contributed by atoms with van der Waals surface area (Å²) in [6, 6.07) is 12.0. The summed E-state index contributed by atoms with van der Waals surface area (Å²) in [5, 5.41) is 10.5. The lowest BCUT2D eigenvalue weighted by Crippen LogP contribution is -2.51. The summed E-state index contributed by atoms with van der Waals surface area (Å²) in [6.07, 6.45) is 0.308. The quantitative estimate of drug-likeness (QED) is 0.827. The minimum absolute atomic E-state index is 0.0279. The summed E-state index contributed by atoms with van der Waals surface area (Å²) >= 11 is 0. The Morgan fingerprint density at radius 1 is 1.25 bits per heavy atom. The van der Waals surface area contributed by atoms with E-state index in [9.17, 15) is 14.3 Å². The van der Waals surface area contributed by atoms with Crippen LogP contribution in [0.5, 0.6) is 11.5 Å². The molecule has 28 heavy (non-hydrogen) atoms. The summed E-state index contributed by atoms with van der Waals surface area (Å²) < 4.78 is 24.3. The lowest BCUT2D eigenvalue weighted by atomic mass is 10.0. The normalized spacial score (nSPS) is 19.4. The molecule has 5 nitrogen and oxygen atoms in total. The van der Waals surface area contributed by atoms with Gasteiger partial charge in [0.05, 0.1) is 13.7 Å². The number of likely N-dealkylation sites (tertiary alicyclic amines) is 1. The summed E-state index contributed by atoms with van der Waals surface area (Å²) in [5.41, 5.74) is 2.34. The van der Waals surface area contributed by atoms with Gasteiger partial charge in [-0.15, -0.1) is 0 Å². The van der Waals surface area contributed by atoms with Crippen molar-refractivity contribution in [3.8, 4) is 11.5 Å². The van der Waals surface area contributed by atoms with E-state index in [4.69, 9.17) is 9.47 Å². The third-order valence-electron chi connectivity index (χ3n) is 5.15. The van der Waals surface area contributed by atoms with Crippen molar-refractivity contribution >= 4 is 5.91 Å². The van der Waals surface area contributed by atoms with Gasteiger partial charge >= 0.3 is 0 Å². The molecule has 2 aromatic rings. The van der Waals surface area contributed by atoms with Gasteiger partial charge in [-0.2, -0.15) is 0 Å². The first-order chi connectivity index (χ1) is 13.5. The predicted octanol–water partition coefficient (Wildman–Crippen LogP) is 3.12. The van der Waals surface area contributed by atoms with Crippen molar-refractivity contribution in [3.63, 3.8) is 0 Å². The topological polar surface area (TPSA) is 59.0 Å². The lowest BCUT2D eigenvalue weighted by molar-refractivity contribution is -0.137. The van der Waals surface area contributed by atoms with Gasteiger partial charge in [0, 0.05) is 25.5 Å². The summed E-state index contributed by atoms with van der Waals surface area (Å²) in [4.78, 5) is 14.2. The Bertz CT molecular complexity index is 826. The van der Waals surface area contributed by atoms with Crippen molar-refractivity contribution in [1.82, 2.24) is 4.90 Å². The smallest absolute Gasteiger partial charge is 0.222 e. The molecule has 2 aromatic carbocycles. The second-order valence-electron chi connectivity index (χ2n) is 7.07. The fourth-order valence-corrected chi connectivity index (χ4v) is 3.47. The molecule has 0 unspecified atom stereocenters. The van der Waals surface area contributed by atoms with Crippen molar-refractivity contribution in [2.45, 2.75) is 38.4 Å². The summed E-state index contributed by atoms with van der Waals surface area (Å²) in [7, 11) is 1.44. The van der Waals surface area contributed by atoms with Gasteiger partial charge < -0.3 is 19.5 Å². The molecule has 1 fully saturated rings. The molecule has 0 spiro atoms.